The molecule has 27 heavy (non-hydrogen) atoms. The van der Waals surface area contributed by atoms with Crippen LogP contribution in [0.25, 0.3) is 0 Å². The van der Waals surface area contributed by atoms with Crippen molar-refractivity contribution >= 4 is 17.4 Å². The SMILES string of the molecule is O=C(c1ccc(Cl)c(Cc2ccc(Oc3ncccn3)cc2)c1)C(O)CO. The molecule has 0 spiro atoms. The van der Waals surface area contributed by atoms with Gasteiger partial charge in [0.1, 0.15) is 11.9 Å². The lowest BCUT2D eigenvalue weighted by Crippen LogP contribution is -2.24. The fraction of sp³-hybridized carbons (Fsp3) is 0.150. The molecule has 3 aromatic rings. The van der Waals surface area contributed by atoms with E-state index in [1.165, 1.54) is 6.07 Å². The summed E-state index contributed by atoms with van der Waals surface area (Å²) >= 11 is 6.24. The van der Waals surface area contributed by atoms with Crippen molar-refractivity contribution in [3.05, 3.63) is 82.6 Å². The minimum atomic E-state index is -1.43. The van der Waals surface area contributed by atoms with Crippen molar-refractivity contribution in [3.8, 4) is 11.8 Å². The highest BCUT2D eigenvalue weighted by Crippen LogP contribution is 2.24. The van der Waals surface area contributed by atoms with Crippen molar-refractivity contribution < 1.29 is 19.7 Å². The summed E-state index contributed by atoms with van der Waals surface area (Å²) in [4.78, 5) is 20.0. The number of aliphatic hydroxyl groups excluding tert-OH is 2. The zero-order chi connectivity index (χ0) is 19.2. The van der Waals surface area contributed by atoms with Gasteiger partial charge in [0, 0.05) is 23.0 Å². The van der Waals surface area contributed by atoms with Gasteiger partial charge in [0.25, 0.3) is 0 Å². The Hall–Kier alpha value is -2.80. The standard InChI is InChI=1S/C20H17ClN2O4/c21-17-7-4-14(19(26)18(25)12-24)11-15(17)10-13-2-5-16(6-3-13)27-20-22-8-1-9-23-20/h1-9,11,18,24-25H,10,12H2. The molecule has 0 aliphatic rings. The van der Waals surface area contributed by atoms with Crippen molar-refractivity contribution in [3.63, 3.8) is 0 Å². The zero-order valence-electron chi connectivity index (χ0n) is 14.2. The van der Waals surface area contributed by atoms with Crippen LogP contribution >= 0.6 is 11.6 Å². The molecule has 1 unspecified atom stereocenters. The van der Waals surface area contributed by atoms with E-state index < -0.39 is 18.5 Å². The zero-order valence-corrected chi connectivity index (χ0v) is 15.0. The van der Waals surface area contributed by atoms with Gasteiger partial charge in [0.15, 0.2) is 5.78 Å². The molecule has 3 rings (SSSR count). The van der Waals surface area contributed by atoms with Gasteiger partial charge in [0.05, 0.1) is 6.61 Å². The first kappa shape index (κ1) is 19.0. The number of carbonyl (C=O) groups is 1. The number of Topliss-reactive ketones (excluding diaryl/α,β-unsaturated/α-hetero) is 1. The highest BCUT2D eigenvalue weighted by Gasteiger charge is 2.17. The van der Waals surface area contributed by atoms with E-state index in [1.807, 2.05) is 12.1 Å². The minimum Gasteiger partial charge on any atom is -0.424 e. The number of hydrogen-bond donors (Lipinski definition) is 2. The van der Waals surface area contributed by atoms with E-state index in [4.69, 9.17) is 21.4 Å². The van der Waals surface area contributed by atoms with E-state index in [0.717, 1.165) is 11.1 Å². The first-order valence-corrected chi connectivity index (χ1v) is 8.60. The molecular formula is C20H17ClN2O4. The monoisotopic (exact) mass is 384 g/mol. The first-order chi connectivity index (χ1) is 13.1. The van der Waals surface area contributed by atoms with Crippen LogP contribution in [0.1, 0.15) is 21.5 Å². The summed E-state index contributed by atoms with van der Waals surface area (Å²) in [5.41, 5.74) is 2.01. The van der Waals surface area contributed by atoms with Gasteiger partial charge in [-0.15, -0.1) is 0 Å². The average molecular weight is 385 g/mol. The van der Waals surface area contributed by atoms with Crippen molar-refractivity contribution in [2.75, 3.05) is 6.61 Å². The molecule has 0 aliphatic heterocycles. The van der Waals surface area contributed by atoms with Crippen molar-refractivity contribution in [2.24, 2.45) is 0 Å². The van der Waals surface area contributed by atoms with Crippen LogP contribution in [0.2, 0.25) is 5.02 Å². The second-order valence-electron chi connectivity index (χ2n) is 5.82. The van der Waals surface area contributed by atoms with Gasteiger partial charge in [0.2, 0.25) is 0 Å². The molecule has 0 aliphatic carbocycles. The molecule has 7 heteroatoms. The Morgan fingerprint density at radius 1 is 1.11 bits per heavy atom. The summed E-state index contributed by atoms with van der Waals surface area (Å²) in [5.74, 6) is 0.0630. The van der Waals surface area contributed by atoms with Gasteiger partial charge in [-0.25, -0.2) is 9.97 Å². The Bertz CT molecular complexity index is 917. The van der Waals surface area contributed by atoms with Crippen molar-refractivity contribution in [1.29, 1.82) is 0 Å². The van der Waals surface area contributed by atoms with Gasteiger partial charge in [-0.2, -0.15) is 0 Å². The third-order valence-corrected chi connectivity index (χ3v) is 4.24. The Labute approximate surface area is 161 Å². The molecule has 0 saturated heterocycles. The Morgan fingerprint density at radius 2 is 1.81 bits per heavy atom. The lowest BCUT2D eigenvalue weighted by molar-refractivity contribution is 0.0587. The maximum absolute atomic E-state index is 12.0. The summed E-state index contributed by atoms with van der Waals surface area (Å²) in [6, 6.07) is 14.1. The van der Waals surface area contributed by atoms with Crippen LogP contribution in [0.5, 0.6) is 11.8 Å². The maximum Gasteiger partial charge on any atom is 0.321 e. The molecule has 138 valence electrons. The fourth-order valence-corrected chi connectivity index (χ4v) is 2.66. The van der Waals surface area contributed by atoms with Crippen molar-refractivity contribution in [1.82, 2.24) is 9.97 Å². The minimum absolute atomic E-state index is 0.266. The second kappa shape index (κ2) is 8.73. The number of rotatable bonds is 7. The largest absolute Gasteiger partial charge is 0.424 e. The van der Waals surface area contributed by atoms with Crippen LogP contribution in [0.3, 0.4) is 0 Å². The Morgan fingerprint density at radius 3 is 2.48 bits per heavy atom. The Balaban J connectivity index is 1.74. The number of carbonyl (C=O) groups excluding carboxylic acids is 1. The summed E-state index contributed by atoms with van der Waals surface area (Å²) in [6.07, 6.45) is 2.26. The number of halogens is 1. The number of ether oxygens (including phenoxy) is 1. The van der Waals surface area contributed by atoms with Crippen LogP contribution < -0.4 is 4.74 Å². The molecule has 0 radical (unpaired) electrons. The molecule has 1 atom stereocenters. The number of hydrogen-bond acceptors (Lipinski definition) is 6. The molecule has 0 amide bonds. The van der Waals surface area contributed by atoms with Crippen LogP contribution in [0.15, 0.2) is 60.9 Å². The summed E-state index contributed by atoms with van der Waals surface area (Å²) in [6.45, 7) is -0.622. The molecule has 0 saturated carbocycles. The molecule has 0 fully saturated rings. The predicted octanol–water partition coefficient (Wildman–Crippen LogP) is 3.05. The van der Waals surface area contributed by atoms with Crippen molar-refractivity contribution in [2.45, 2.75) is 12.5 Å². The number of nitrogens with zero attached hydrogens (tertiary/aromatic N) is 2. The molecular weight excluding hydrogens is 368 g/mol. The van der Waals surface area contributed by atoms with E-state index >= 15 is 0 Å². The molecule has 1 heterocycles. The summed E-state index contributed by atoms with van der Waals surface area (Å²) in [5, 5.41) is 19.0. The lowest BCUT2D eigenvalue weighted by Gasteiger charge is -2.10. The maximum atomic E-state index is 12.0. The van der Waals surface area contributed by atoms with E-state index in [-0.39, 0.29) is 6.01 Å². The van der Waals surface area contributed by atoms with Crippen LogP contribution in [-0.4, -0.2) is 38.7 Å². The third-order valence-electron chi connectivity index (χ3n) is 3.87. The first-order valence-electron chi connectivity index (χ1n) is 8.22. The van der Waals surface area contributed by atoms with E-state index in [9.17, 15) is 9.90 Å². The molecule has 6 nitrogen and oxygen atoms in total. The van der Waals surface area contributed by atoms with Crippen LogP contribution in [0, 0.1) is 0 Å². The molecule has 1 aromatic heterocycles. The third kappa shape index (κ3) is 4.89. The van der Waals surface area contributed by atoms with E-state index in [1.54, 1.807) is 42.7 Å². The number of ketones is 1. The molecule has 0 bridgehead atoms. The average Bonchev–Trinajstić information content (AvgIpc) is 2.70. The topological polar surface area (TPSA) is 92.5 Å². The molecule has 2 aromatic carbocycles. The molecule has 2 N–H and O–H groups in total. The van der Waals surface area contributed by atoms with Crippen LogP contribution in [0.4, 0.5) is 0 Å². The summed E-state index contributed by atoms with van der Waals surface area (Å²) in [7, 11) is 0. The quantitative estimate of drug-likeness (QED) is 0.608. The van der Waals surface area contributed by atoms with Crippen LogP contribution in [-0.2, 0) is 6.42 Å². The number of benzene rings is 2. The van der Waals surface area contributed by atoms with E-state index in [2.05, 4.69) is 9.97 Å². The smallest absolute Gasteiger partial charge is 0.321 e. The summed E-state index contributed by atoms with van der Waals surface area (Å²) < 4.78 is 5.55. The number of aromatic nitrogens is 2. The fourth-order valence-electron chi connectivity index (χ4n) is 2.48. The second-order valence-corrected chi connectivity index (χ2v) is 6.23. The normalized spacial score (nSPS) is 11.8. The van der Waals surface area contributed by atoms with Gasteiger partial charge in [-0.1, -0.05) is 23.7 Å². The Kier molecular flexibility index (Phi) is 6.13. The highest BCUT2D eigenvalue weighted by atomic mass is 35.5. The van der Waals surface area contributed by atoms with Gasteiger partial charge < -0.3 is 14.9 Å². The van der Waals surface area contributed by atoms with Gasteiger partial charge in [-0.05, 0) is 53.9 Å². The van der Waals surface area contributed by atoms with Gasteiger partial charge in [-0.3, -0.25) is 4.79 Å². The van der Waals surface area contributed by atoms with Gasteiger partial charge >= 0.3 is 6.01 Å². The number of aliphatic hydroxyl groups is 2. The van der Waals surface area contributed by atoms with E-state index in [0.29, 0.717) is 22.8 Å². The highest BCUT2D eigenvalue weighted by molar-refractivity contribution is 6.31. The lowest BCUT2D eigenvalue weighted by atomic mass is 9.99. The predicted molar refractivity (Wildman–Crippen MR) is 100 cm³/mol.